The Labute approximate surface area is 95.6 Å². The molecule has 16 heavy (non-hydrogen) atoms. The van der Waals surface area contributed by atoms with Crippen molar-refractivity contribution in [2.24, 2.45) is 0 Å². The number of rotatable bonds is 2. The number of anilines is 1. The van der Waals surface area contributed by atoms with Gasteiger partial charge in [0.05, 0.1) is 25.3 Å². The molecular formula is C12H17N3O. The Morgan fingerprint density at radius 1 is 1.50 bits per heavy atom. The second-order valence-electron chi connectivity index (χ2n) is 4.61. The van der Waals surface area contributed by atoms with Crippen LogP contribution in [-0.2, 0) is 4.74 Å². The van der Waals surface area contributed by atoms with E-state index in [2.05, 4.69) is 28.2 Å². The van der Waals surface area contributed by atoms with E-state index >= 15 is 0 Å². The van der Waals surface area contributed by atoms with E-state index in [0.29, 0.717) is 12.1 Å². The van der Waals surface area contributed by atoms with Gasteiger partial charge in [0.2, 0.25) is 0 Å². The molecule has 0 bridgehead atoms. The van der Waals surface area contributed by atoms with Crippen molar-refractivity contribution < 1.29 is 4.74 Å². The minimum Gasteiger partial charge on any atom is -0.378 e. The summed E-state index contributed by atoms with van der Waals surface area (Å²) in [4.78, 5) is 6.83. The molecule has 2 saturated heterocycles. The van der Waals surface area contributed by atoms with Gasteiger partial charge >= 0.3 is 0 Å². The van der Waals surface area contributed by atoms with Crippen LogP contribution in [0.5, 0.6) is 0 Å². The number of nitrogens with one attached hydrogen (secondary N) is 1. The Balaban J connectivity index is 1.61. The van der Waals surface area contributed by atoms with E-state index in [1.165, 1.54) is 5.56 Å². The molecule has 2 unspecified atom stereocenters. The van der Waals surface area contributed by atoms with Crippen LogP contribution in [0.2, 0.25) is 0 Å². The first-order valence-corrected chi connectivity index (χ1v) is 5.84. The van der Waals surface area contributed by atoms with Gasteiger partial charge in [-0.25, -0.2) is 4.98 Å². The van der Waals surface area contributed by atoms with Crippen LogP contribution in [0.3, 0.4) is 0 Å². The first-order chi connectivity index (χ1) is 7.83. The molecule has 3 heterocycles. The molecule has 4 nitrogen and oxygen atoms in total. The Kier molecular flexibility index (Phi) is 2.53. The summed E-state index contributed by atoms with van der Waals surface area (Å²) in [7, 11) is 0. The summed E-state index contributed by atoms with van der Waals surface area (Å²) in [6.45, 7) is 5.97. The molecule has 0 amide bonds. The molecule has 0 spiro atoms. The van der Waals surface area contributed by atoms with Crippen LogP contribution in [-0.4, -0.2) is 48.3 Å². The van der Waals surface area contributed by atoms with Crippen LogP contribution < -0.4 is 5.32 Å². The maximum Gasteiger partial charge on any atom is 0.126 e. The smallest absolute Gasteiger partial charge is 0.126 e. The molecule has 2 aliphatic rings. The minimum atomic E-state index is 0.496. The predicted molar refractivity (Wildman–Crippen MR) is 62.6 cm³/mol. The van der Waals surface area contributed by atoms with Crippen molar-refractivity contribution in [1.82, 2.24) is 9.88 Å². The second-order valence-corrected chi connectivity index (χ2v) is 4.61. The summed E-state index contributed by atoms with van der Waals surface area (Å²) < 4.78 is 5.49. The molecule has 3 rings (SSSR count). The maximum absolute atomic E-state index is 5.49. The number of fused-ring (bicyclic) bond motifs is 1. The van der Waals surface area contributed by atoms with Crippen LogP contribution in [0.25, 0.3) is 0 Å². The third-order valence-electron chi connectivity index (χ3n) is 3.42. The molecule has 1 aromatic rings. The van der Waals surface area contributed by atoms with Gasteiger partial charge in [-0.05, 0) is 18.6 Å². The number of ether oxygens (including phenoxy) is 1. The molecule has 86 valence electrons. The van der Waals surface area contributed by atoms with E-state index in [4.69, 9.17) is 4.74 Å². The normalized spacial score (nSPS) is 29.3. The highest BCUT2D eigenvalue weighted by molar-refractivity contribution is 5.38. The summed E-state index contributed by atoms with van der Waals surface area (Å²) in [5.41, 5.74) is 1.20. The molecule has 2 fully saturated rings. The van der Waals surface area contributed by atoms with Gasteiger partial charge in [-0.15, -0.1) is 0 Å². The Morgan fingerprint density at radius 2 is 2.44 bits per heavy atom. The number of nitrogens with zero attached hydrogens (tertiary/aromatic N) is 2. The quantitative estimate of drug-likeness (QED) is 0.801. The molecule has 0 aliphatic carbocycles. The predicted octanol–water partition coefficient (Wildman–Crippen LogP) is 0.885. The largest absolute Gasteiger partial charge is 0.378 e. The number of pyridine rings is 1. The van der Waals surface area contributed by atoms with E-state index in [9.17, 15) is 0 Å². The van der Waals surface area contributed by atoms with Crippen LogP contribution >= 0.6 is 0 Å². The van der Waals surface area contributed by atoms with Crippen molar-refractivity contribution in [3.05, 3.63) is 23.9 Å². The maximum atomic E-state index is 5.49. The highest BCUT2D eigenvalue weighted by Crippen LogP contribution is 2.24. The van der Waals surface area contributed by atoms with Crippen molar-refractivity contribution in [1.29, 1.82) is 0 Å². The van der Waals surface area contributed by atoms with Gasteiger partial charge in [-0.2, -0.15) is 0 Å². The molecule has 1 N–H and O–H groups in total. The fraction of sp³-hybridized carbons (Fsp3) is 0.583. The lowest BCUT2D eigenvalue weighted by atomic mass is 9.96. The molecular weight excluding hydrogens is 202 g/mol. The standard InChI is InChI=1S/C12H17N3O/c1-9-2-3-12(13-6-9)14-10-7-15-4-5-16-8-11(10)15/h2-3,6,10-11H,4-5,7-8H2,1H3,(H,13,14). The number of aromatic nitrogens is 1. The summed E-state index contributed by atoms with van der Waals surface area (Å²) in [5, 5.41) is 3.47. The topological polar surface area (TPSA) is 37.4 Å². The van der Waals surface area contributed by atoms with Crippen molar-refractivity contribution in [2.45, 2.75) is 19.0 Å². The van der Waals surface area contributed by atoms with Gasteiger partial charge in [-0.3, -0.25) is 4.90 Å². The third kappa shape index (κ3) is 1.79. The van der Waals surface area contributed by atoms with E-state index < -0.39 is 0 Å². The van der Waals surface area contributed by atoms with E-state index in [-0.39, 0.29) is 0 Å². The zero-order valence-electron chi connectivity index (χ0n) is 9.52. The lowest BCUT2D eigenvalue weighted by molar-refractivity contribution is -0.0650. The lowest BCUT2D eigenvalue weighted by Crippen LogP contribution is -2.67. The first kappa shape index (κ1) is 10.1. The number of hydrogen-bond acceptors (Lipinski definition) is 4. The fourth-order valence-corrected chi connectivity index (χ4v) is 2.38. The summed E-state index contributed by atoms with van der Waals surface area (Å²) in [5.74, 6) is 0.973. The monoisotopic (exact) mass is 219 g/mol. The molecule has 0 radical (unpaired) electrons. The Morgan fingerprint density at radius 3 is 3.19 bits per heavy atom. The summed E-state index contributed by atoms with van der Waals surface area (Å²) >= 11 is 0. The lowest BCUT2D eigenvalue weighted by Gasteiger charge is -2.50. The highest BCUT2D eigenvalue weighted by Gasteiger charge is 2.40. The van der Waals surface area contributed by atoms with Gasteiger partial charge in [0.1, 0.15) is 5.82 Å². The molecule has 2 atom stereocenters. The van der Waals surface area contributed by atoms with Crippen LogP contribution in [0.4, 0.5) is 5.82 Å². The van der Waals surface area contributed by atoms with Crippen LogP contribution in [0.1, 0.15) is 5.56 Å². The van der Waals surface area contributed by atoms with Gasteiger partial charge in [0.15, 0.2) is 0 Å². The molecule has 1 aromatic heterocycles. The van der Waals surface area contributed by atoms with Gasteiger partial charge in [-0.1, -0.05) is 6.07 Å². The Hall–Kier alpha value is -1.13. The van der Waals surface area contributed by atoms with Gasteiger partial charge < -0.3 is 10.1 Å². The summed E-state index contributed by atoms with van der Waals surface area (Å²) in [6, 6.07) is 5.16. The molecule has 0 aromatic carbocycles. The molecule has 2 aliphatic heterocycles. The number of aryl methyl sites for hydroxylation is 1. The molecule has 0 saturated carbocycles. The highest BCUT2D eigenvalue weighted by atomic mass is 16.5. The third-order valence-corrected chi connectivity index (χ3v) is 3.42. The zero-order chi connectivity index (χ0) is 11.0. The van der Waals surface area contributed by atoms with Crippen LogP contribution in [0, 0.1) is 6.92 Å². The number of hydrogen-bond donors (Lipinski definition) is 1. The fourth-order valence-electron chi connectivity index (χ4n) is 2.38. The van der Waals surface area contributed by atoms with E-state index in [0.717, 1.165) is 32.1 Å². The molecule has 4 heteroatoms. The zero-order valence-corrected chi connectivity index (χ0v) is 9.52. The second kappa shape index (κ2) is 4.03. The van der Waals surface area contributed by atoms with E-state index in [1.807, 2.05) is 12.3 Å². The van der Waals surface area contributed by atoms with Gasteiger partial charge in [0.25, 0.3) is 0 Å². The average Bonchev–Trinajstić information content (AvgIpc) is 2.28. The minimum absolute atomic E-state index is 0.496. The van der Waals surface area contributed by atoms with Crippen LogP contribution in [0.15, 0.2) is 18.3 Å². The first-order valence-electron chi connectivity index (χ1n) is 5.84. The van der Waals surface area contributed by atoms with E-state index in [1.54, 1.807) is 0 Å². The SMILES string of the molecule is Cc1ccc(NC2CN3CCOCC23)nc1. The Bertz CT molecular complexity index is 365. The average molecular weight is 219 g/mol. The van der Waals surface area contributed by atoms with Crippen molar-refractivity contribution in [2.75, 3.05) is 31.6 Å². The summed E-state index contributed by atoms with van der Waals surface area (Å²) in [6.07, 6.45) is 1.90. The van der Waals surface area contributed by atoms with Crippen molar-refractivity contribution in [3.8, 4) is 0 Å². The number of morpholine rings is 1. The van der Waals surface area contributed by atoms with Crippen molar-refractivity contribution in [3.63, 3.8) is 0 Å². The van der Waals surface area contributed by atoms with Crippen molar-refractivity contribution >= 4 is 5.82 Å². The van der Waals surface area contributed by atoms with Gasteiger partial charge in [0, 0.05) is 19.3 Å².